The summed E-state index contributed by atoms with van der Waals surface area (Å²) in [6, 6.07) is 9.14. The number of fused-ring (bicyclic) bond motifs is 1. The van der Waals surface area contributed by atoms with E-state index in [1.54, 1.807) is 28.8 Å². The Hall–Kier alpha value is -2.89. The van der Waals surface area contributed by atoms with Crippen LogP contribution in [0, 0.1) is 5.82 Å². The van der Waals surface area contributed by atoms with Crippen LogP contribution in [0.4, 0.5) is 9.18 Å². The Labute approximate surface area is 112 Å². The van der Waals surface area contributed by atoms with Crippen molar-refractivity contribution in [3.63, 3.8) is 0 Å². The summed E-state index contributed by atoms with van der Waals surface area (Å²) in [4.78, 5) is 14.9. The maximum absolute atomic E-state index is 12.9. The topological polar surface area (TPSA) is 63.8 Å². The number of benzene rings is 1. The van der Waals surface area contributed by atoms with E-state index in [-0.39, 0.29) is 11.6 Å². The van der Waals surface area contributed by atoms with Crippen LogP contribution in [0.1, 0.15) is 0 Å². The van der Waals surface area contributed by atoms with E-state index in [0.29, 0.717) is 11.3 Å². The number of aromatic nitrogens is 2. The maximum atomic E-state index is 12.9. The van der Waals surface area contributed by atoms with E-state index >= 15 is 0 Å². The molecule has 0 aliphatic rings. The molecule has 1 aromatic carbocycles. The van der Waals surface area contributed by atoms with Crippen molar-refractivity contribution in [3.8, 4) is 17.0 Å². The van der Waals surface area contributed by atoms with Gasteiger partial charge in [-0.1, -0.05) is 0 Å². The van der Waals surface area contributed by atoms with E-state index in [1.807, 2.05) is 0 Å². The Morgan fingerprint density at radius 2 is 1.90 bits per heavy atom. The quantitative estimate of drug-likeness (QED) is 0.727. The smallest absolute Gasteiger partial charge is 0.449 e. The van der Waals surface area contributed by atoms with Gasteiger partial charge in [-0.15, -0.1) is 0 Å². The minimum absolute atomic E-state index is 0.202. The molecule has 3 rings (SSSR count). The van der Waals surface area contributed by atoms with E-state index in [9.17, 15) is 9.18 Å². The molecule has 0 spiro atoms. The summed E-state index contributed by atoms with van der Waals surface area (Å²) in [7, 11) is 0. The predicted octanol–water partition coefficient (Wildman–Crippen LogP) is 3.20. The van der Waals surface area contributed by atoms with Crippen LogP contribution in [-0.4, -0.2) is 20.6 Å². The third kappa shape index (κ3) is 2.31. The normalized spacial score (nSPS) is 10.7. The van der Waals surface area contributed by atoms with Crippen LogP contribution in [0.3, 0.4) is 0 Å². The minimum Gasteiger partial charge on any atom is -0.449 e. The van der Waals surface area contributed by atoms with Gasteiger partial charge in [-0.3, -0.25) is 0 Å². The van der Waals surface area contributed by atoms with Crippen molar-refractivity contribution in [1.82, 2.24) is 9.38 Å². The molecule has 1 N–H and O–H groups in total. The van der Waals surface area contributed by atoms with Crippen molar-refractivity contribution >= 4 is 11.8 Å². The Balaban J connectivity index is 2.01. The zero-order chi connectivity index (χ0) is 14.1. The van der Waals surface area contributed by atoms with Crippen molar-refractivity contribution in [1.29, 1.82) is 0 Å². The molecule has 5 nitrogen and oxygen atoms in total. The van der Waals surface area contributed by atoms with E-state index in [2.05, 4.69) is 9.72 Å². The second kappa shape index (κ2) is 4.65. The van der Waals surface area contributed by atoms with Crippen LogP contribution < -0.4 is 4.74 Å². The highest BCUT2D eigenvalue weighted by Crippen LogP contribution is 2.21. The molecule has 2 heterocycles. The monoisotopic (exact) mass is 272 g/mol. The molecular weight excluding hydrogens is 263 g/mol. The van der Waals surface area contributed by atoms with Crippen LogP contribution in [0.25, 0.3) is 16.9 Å². The summed E-state index contributed by atoms with van der Waals surface area (Å²) in [6.07, 6.45) is 1.86. The lowest BCUT2D eigenvalue weighted by atomic mass is 10.2. The fourth-order valence-corrected chi connectivity index (χ4v) is 1.89. The average Bonchev–Trinajstić information content (AvgIpc) is 2.81. The highest BCUT2D eigenvalue weighted by atomic mass is 19.1. The van der Waals surface area contributed by atoms with Gasteiger partial charge in [0.25, 0.3) is 0 Å². The molecule has 100 valence electrons. The van der Waals surface area contributed by atoms with Gasteiger partial charge in [-0.05, 0) is 36.4 Å². The average molecular weight is 272 g/mol. The number of imidazole rings is 1. The second-order valence-corrected chi connectivity index (χ2v) is 4.13. The number of carboxylic acid groups (broad SMARTS) is 1. The van der Waals surface area contributed by atoms with Crippen molar-refractivity contribution in [2.75, 3.05) is 0 Å². The molecule has 0 fully saturated rings. The molecule has 0 saturated carbocycles. The van der Waals surface area contributed by atoms with Gasteiger partial charge in [0.15, 0.2) is 5.75 Å². The number of ether oxygens (including phenoxy) is 1. The van der Waals surface area contributed by atoms with E-state index in [0.717, 1.165) is 5.56 Å². The summed E-state index contributed by atoms with van der Waals surface area (Å²) >= 11 is 0. The van der Waals surface area contributed by atoms with Crippen LogP contribution in [0.2, 0.25) is 0 Å². The van der Waals surface area contributed by atoms with Crippen LogP contribution in [0.5, 0.6) is 5.75 Å². The summed E-state index contributed by atoms with van der Waals surface area (Å²) in [6.45, 7) is 0. The minimum atomic E-state index is -1.37. The van der Waals surface area contributed by atoms with Gasteiger partial charge < -0.3 is 14.2 Å². The summed E-state index contributed by atoms with van der Waals surface area (Å²) in [5, 5.41) is 8.57. The Morgan fingerprint density at radius 3 is 2.60 bits per heavy atom. The number of nitrogens with zero attached hydrogens (tertiary/aromatic N) is 2. The fourth-order valence-electron chi connectivity index (χ4n) is 1.89. The van der Waals surface area contributed by atoms with Crippen LogP contribution in [-0.2, 0) is 0 Å². The number of pyridine rings is 1. The van der Waals surface area contributed by atoms with Gasteiger partial charge in [0.05, 0.1) is 11.9 Å². The molecule has 6 heteroatoms. The van der Waals surface area contributed by atoms with Crippen molar-refractivity contribution < 1.29 is 19.0 Å². The summed E-state index contributed by atoms with van der Waals surface area (Å²) < 4.78 is 19.1. The summed E-state index contributed by atoms with van der Waals surface area (Å²) in [5.74, 6) is -0.109. The lowest BCUT2D eigenvalue weighted by Gasteiger charge is -1.99. The Morgan fingerprint density at radius 1 is 1.15 bits per heavy atom. The third-order valence-corrected chi connectivity index (χ3v) is 2.77. The fraction of sp³-hybridized carbons (Fsp3) is 0. The lowest BCUT2D eigenvalue weighted by Crippen LogP contribution is -2.03. The number of rotatable bonds is 2. The van der Waals surface area contributed by atoms with Gasteiger partial charge in [0, 0.05) is 11.8 Å². The van der Waals surface area contributed by atoms with Gasteiger partial charge in [0.1, 0.15) is 11.5 Å². The van der Waals surface area contributed by atoms with Crippen LogP contribution >= 0.6 is 0 Å². The standard InChI is InChI=1S/C14H9FN2O3/c15-10-3-1-9(2-4-10)12-8-17-7-11(20-14(18)19)5-6-13(17)16-12/h1-8H,(H,18,19). The molecule has 0 amide bonds. The number of halogens is 1. The highest BCUT2D eigenvalue weighted by molar-refractivity contribution is 5.64. The largest absolute Gasteiger partial charge is 0.511 e. The first kappa shape index (κ1) is 12.2. The number of hydrogen-bond donors (Lipinski definition) is 1. The molecule has 0 atom stereocenters. The Bertz CT molecular complexity index is 781. The molecule has 0 bridgehead atoms. The first-order chi connectivity index (χ1) is 9.61. The molecule has 0 saturated heterocycles. The van der Waals surface area contributed by atoms with Gasteiger partial charge >= 0.3 is 6.16 Å². The molecule has 2 aromatic heterocycles. The summed E-state index contributed by atoms with van der Waals surface area (Å²) in [5.41, 5.74) is 2.08. The molecule has 0 radical (unpaired) electrons. The van der Waals surface area contributed by atoms with Crippen molar-refractivity contribution in [2.24, 2.45) is 0 Å². The molecule has 20 heavy (non-hydrogen) atoms. The van der Waals surface area contributed by atoms with Crippen molar-refractivity contribution in [2.45, 2.75) is 0 Å². The number of hydrogen-bond acceptors (Lipinski definition) is 3. The van der Waals surface area contributed by atoms with E-state index in [1.165, 1.54) is 24.4 Å². The van der Waals surface area contributed by atoms with Crippen molar-refractivity contribution in [3.05, 3.63) is 54.6 Å². The first-order valence-electron chi connectivity index (χ1n) is 5.77. The zero-order valence-corrected chi connectivity index (χ0v) is 10.2. The number of carbonyl (C=O) groups is 1. The molecule has 3 aromatic rings. The van der Waals surface area contributed by atoms with E-state index < -0.39 is 6.16 Å². The zero-order valence-electron chi connectivity index (χ0n) is 10.2. The first-order valence-corrected chi connectivity index (χ1v) is 5.77. The highest BCUT2D eigenvalue weighted by Gasteiger charge is 2.07. The van der Waals surface area contributed by atoms with Gasteiger partial charge in [-0.25, -0.2) is 14.2 Å². The SMILES string of the molecule is O=C(O)Oc1ccc2nc(-c3ccc(F)cc3)cn2c1. The van der Waals surface area contributed by atoms with E-state index in [4.69, 9.17) is 5.11 Å². The van der Waals surface area contributed by atoms with Gasteiger partial charge in [-0.2, -0.15) is 0 Å². The van der Waals surface area contributed by atoms with Gasteiger partial charge in [0.2, 0.25) is 0 Å². The Kier molecular flexibility index (Phi) is 2.83. The lowest BCUT2D eigenvalue weighted by molar-refractivity contribution is 0.144. The molecule has 0 aliphatic carbocycles. The molecule has 0 unspecified atom stereocenters. The van der Waals surface area contributed by atoms with Crippen LogP contribution in [0.15, 0.2) is 48.8 Å². The third-order valence-electron chi connectivity index (χ3n) is 2.77. The predicted molar refractivity (Wildman–Crippen MR) is 69.2 cm³/mol. The molecule has 0 aliphatic heterocycles. The second-order valence-electron chi connectivity index (χ2n) is 4.13. The molecular formula is C14H9FN2O3. The maximum Gasteiger partial charge on any atom is 0.511 e.